The highest BCUT2D eigenvalue weighted by Gasteiger charge is 2.37. The lowest BCUT2D eigenvalue weighted by molar-refractivity contribution is 0.00985. The zero-order chi connectivity index (χ0) is 27.6. The van der Waals surface area contributed by atoms with Crippen LogP contribution in [0, 0.1) is 0 Å². The molecule has 2 unspecified atom stereocenters. The van der Waals surface area contributed by atoms with Crippen molar-refractivity contribution in [2.24, 2.45) is 0 Å². The standard InChI is InChI=1S/C30H33N7O3/c1-4-11-36-28(38)22-15-31-29(32-21-13-19-9-12-40-23-17-35(3)16-20(14-21)25(19)23)34-27(22)37(36)24-7-6-18-8-10-30(39,5-2)26(18)33-24/h4,6-7,13-15,23,39H,1,5,8-12,16-17H2,2-3H3,(H,31,32,34). The predicted octanol–water partition coefficient (Wildman–Crippen LogP) is 3.51. The van der Waals surface area contributed by atoms with Crippen LogP contribution in [0.2, 0.25) is 0 Å². The molecular formula is C30H33N7O3. The Morgan fingerprint density at radius 1 is 1.23 bits per heavy atom. The van der Waals surface area contributed by atoms with Crippen molar-refractivity contribution < 1.29 is 9.84 Å². The van der Waals surface area contributed by atoms with E-state index in [-0.39, 0.29) is 18.2 Å². The monoisotopic (exact) mass is 539 g/mol. The van der Waals surface area contributed by atoms with Crippen LogP contribution >= 0.6 is 0 Å². The molecule has 10 heteroatoms. The Balaban J connectivity index is 1.33. The number of aromatic nitrogens is 5. The molecule has 4 aromatic rings. The van der Waals surface area contributed by atoms with E-state index >= 15 is 0 Å². The fourth-order valence-electron chi connectivity index (χ4n) is 6.52. The van der Waals surface area contributed by atoms with Gasteiger partial charge in [-0.25, -0.2) is 19.3 Å². The summed E-state index contributed by atoms with van der Waals surface area (Å²) < 4.78 is 9.32. The first-order valence-electron chi connectivity index (χ1n) is 13.9. The summed E-state index contributed by atoms with van der Waals surface area (Å²) >= 11 is 0. The number of nitrogens with zero attached hydrogens (tertiary/aromatic N) is 6. The third-order valence-corrected chi connectivity index (χ3v) is 8.53. The number of allylic oxidation sites excluding steroid dienone is 1. The first-order valence-corrected chi connectivity index (χ1v) is 13.9. The Hall–Kier alpha value is -3.86. The van der Waals surface area contributed by atoms with E-state index in [4.69, 9.17) is 14.7 Å². The van der Waals surface area contributed by atoms with Gasteiger partial charge >= 0.3 is 0 Å². The second kappa shape index (κ2) is 9.36. The molecule has 0 spiro atoms. The van der Waals surface area contributed by atoms with Gasteiger partial charge in [0.2, 0.25) is 5.95 Å². The minimum absolute atomic E-state index is 0.114. The van der Waals surface area contributed by atoms with E-state index in [1.165, 1.54) is 16.7 Å². The van der Waals surface area contributed by atoms with Crippen LogP contribution in [0.15, 0.2) is 47.9 Å². The Morgan fingerprint density at radius 2 is 2.08 bits per heavy atom. The van der Waals surface area contributed by atoms with Gasteiger partial charge < -0.3 is 15.2 Å². The molecule has 3 aromatic heterocycles. The highest BCUT2D eigenvalue weighted by atomic mass is 16.5. The van der Waals surface area contributed by atoms with Crippen molar-refractivity contribution in [3.05, 3.63) is 81.4 Å². The van der Waals surface area contributed by atoms with Crippen molar-refractivity contribution in [1.29, 1.82) is 0 Å². The number of hydrogen-bond donors (Lipinski definition) is 2. The van der Waals surface area contributed by atoms with Gasteiger partial charge in [0.1, 0.15) is 11.0 Å². The van der Waals surface area contributed by atoms with Gasteiger partial charge in [-0.15, -0.1) is 6.58 Å². The highest BCUT2D eigenvalue weighted by molar-refractivity contribution is 5.77. The second-order valence-corrected chi connectivity index (χ2v) is 11.1. The van der Waals surface area contributed by atoms with E-state index < -0.39 is 5.60 Å². The number of pyridine rings is 1. The fourth-order valence-corrected chi connectivity index (χ4v) is 6.52. The van der Waals surface area contributed by atoms with Crippen molar-refractivity contribution in [2.45, 2.75) is 57.4 Å². The lowest BCUT2D eigenvalue weighted by Crippen LogP contribution is -2.35. The molecule has 1 aromatic carbocycles. The average molecular weight is 540 g/mol. The summed E-state index contributed by atoms with van der Waals surface area (Å²) in [6, 6.07) is 8.19. The minimum Gasteiger partial charge on any atom is -0.384 e. The lowest BCUT2D eigenvalue weighted by Gasteiger charge is -2.37. The normalized spacial score (nSPS) is 21.8. The zero-order valence-electron chi connectivity index (χ0n) is 22.9. The highest BCUT2D eigenvalue weighted by Crippen LogP contribution is 2.39. The summed E-state index contributed by atoms with van der Waals surface area (Å²) in [5, 5.41) is 15.0. The van der Waals surface area contributed by atoms with Gasteiger partial charge in [-0.1, -0.05) is 19.1 Å². The number of fused-ring (bicyclic) bond motifs is 2. The Morgan fingerprint density at radius 3 is 2.90 bits per heavy atom. The number of rotatable bonds is 6. The van der Waals surface area contributed by atoms with Gasteiger partial charge in [0.15, 0.2) is 11.5 Å². The Bertz CT molecular complexity index is 1720. The van der Waals surface area contributed by atoms with Gasteiger partial charge in [-0.3, -0.25) is 9.69 Å². The number of aliphatic hydroxyl groups is 1. The number of aryl methyl sites for hydroxylation is 1. The molecule has 0 amide bonds. The molecule has 10 nitrogen and oxygen atoms in total. The van der Waals surface area contributed by atoms with Gasteiger partial charge in [-0.05, 0) is 73.2 Å². The van der Waals surface area contributed by atoms with Crippen LogP contribution in [0.25, 0.3) is 16.9 Å². The molecule has 5 heterocycles. The third kappa shape index (κ3) is 3.89. The van der Waals surface area contributed by atoms with Crippen LogP contribution in [-0.4, -0.2) is 54.5 Å². The molecule has 0 saturated carbocycles. The minimum atomic E-state index is -0.968. The Labute approximate surface area is 231 Å². The fraction of sp³-hybridized carbons (Fsp3) is 0.400. The van der Waals surface area contributed by atoms with Crippen LogP contribution in [0.1, 0.15) is 53.8 Å². The summed E-state index contributed by atoms with van der Waals surface area (Å²) in [6.45, 7) is 8.55. The summed E-state index contributed by atoms with van der Waals surface area (Å²) in [5.74, 6) is 0.918. The molecule has 40 heavy (non-hydrogen) atoms. The van der Waals surface area contributed by atoms with Crippen molar-refractivity contribution >= 4 is 22.7 Å². The third-order valence-electron chi connectivity index (χ3n) is 8.53. The molecule has 0 radical (unpaired) electrons. The molecule has 3 aliphatic rings. The summed E-state index contributed by atoms with van der Waals surface area (Å²) in [7, 11) is 2.11. The summed E-state index contributed by atoms with van der Waals surface area (Å²) in [4.78, 5) is 29.9. The topological polar surface area (TPSA) is 110 Å². The van der Waals surface area contributed by atoms with Crippen LogP contribution < -0.4 is 10.9 Å². The Kier molecular flexibility index (Phi) is 5.88. The molecule has 206 valence electrons. The van der Waals surface area contributed by atoms with E-state index in [1.54, 1.807) is 21.6 Å². The van der Waals surface area contributed by atoms with Crippen LogP contribution in [0.4, 0.5) is 11.6 Å². The van der Waals surface area contributed by atoms with Crippen molar-refractivity contribution in [2.75, 3.05) is 25.5 Å². The van der Waals surface area contributed by atoms with Crippen molar-refractivity contribution in [1.82, 2.24) is 29.2 Å². The molecule has 2 N–H and O–H groups in total. The number of ether oxygens (including phenoxy) is 1. The van der Waals surface area contributed by atoms with E-state index in [9.17, 15) is 9.90 Å². The largest absolute Gasteiger partial charge is 0.384 e. The van der Waals surface area contributed by atoms with E-state index in [2.05, 4.69) is 41.0 Å². The van der Waals surface area contributed by atoms with Gasteiger partial charge in [0.25, 0.3) is 5.56 Å². The molecule has 2 aliphatic heterocycles. The molecule has 0 fully saturated rings. The van der Waals surface area contributed by atoms with Crippen LogP contribution in [0.5, 0.6) is 0 Å². The average Bonchev–Trinajstić information content (AvgIpc) is 3.42. The summed E-state index contributed by atoms with van der Waals surface area (Å²) in [5.41, 5.74) is 5.74. The molecule has 1 aliphatic carbocycles. The SMILES string of the molecule is C=CCn1c(=O)c2cnc(Nc3cc4c5c(c3)CN(C)CC5OCC4)nc2n1-c1ccc2c(n1)C(O)(CC)CC2. The molecule has 7 rings (SSSR count). The number of likely N-dealkylation sites (N-methyl/N-ethyl adjacent to an activating group) is 1. The lowest BCUT2D eigenvalue weighted by atomic mass is 9.89. The van der Waals surface area contributed by atoms with Gasteiger partial charge in [0.05, 0.1) is 24.9 Å². The zero-order valence-corrected chi connectivity index (χ0v) is 22.9. The van der Waals surface area contributed by atoms with Crippen molar-refractivity contribution in [3.63, 3.8) is 0 Å². The van der Waals surface area contributed by atoms with Crippen LogP contribution in [0.3, 0.4) is 0 Å². The van der Waals surface area contributed by atoms with Crippen LogP contribution in [-0.2, 0) is 36.3 Å². The number of nitrogens with one attached hydrogen (secondary N) is 1. The quantitative estimate of drug-likeness (QED) is 0.358. The van der Waals surface area contributed by atoms with Gasteiger partial charge in [-0.2, -0.15) is 4.98 Å². The smallest absolute Gasteiger partial charge is 0.278 e. The number of anilines is 2. The number of benzene rings is 1. The molecule has 0 saturated heterocycles. The maximum Gasteiger partial charge on any atom is 0.278 e. The van der Waals surface area contributed by atoms with E-state index in [0.717, 1.165) is 37.2 Å². The van der Waals surface area contributed by atoms with E-state index in [1.807, 2.05) is 19.1 Å². The first kappa shape index (κ1) is 25.1. The number of hydrogen-bond acceptors (Lipinski definition) is 8. The first-order chi connectivity index (χ1) is 19.4. The second-order valence-electron chi connectivity index (χ2n) is 11.1. The van der Waals surface area contributed by atoms with Gasteiger partial charge in [0, 0.05) is 25.0 Å². The maximum atomic E-state index is 13.4. The summed E-state index contributed by atoms with van der Waals surface area (Å²) in [6.07, 6.45) is 6.22. The molecular weight excluding hydrogens is 506 g/mol. The molecule has 0 bridgehead atoms. The van der Waals surface area contributed by atoms with E-state index in [0.29, 0.717) is 47.9 Å². The predicted molar refractivity (Wildman–Crippen MR) is 152 cm³/mol. The molecule has 2 atom stereocenters. The van der Waals surface area contributed by atoms with Crippen molar-refractivity contribution in [3.8, 4) is 5.82 Å². The maximum absolute atomic E-state index is 13.4.